The van der Waals surface area contributed by atoms with Gasteiger partial charge in [0.2, 0.25) is 0 Å². The van der Waals surface area contributed by atoms with E-state index in [1.807, 2.05) is 0 Å². The van der Waals surface area contributed by atoms with Gasteiger partial charge in [-0.3, -0.25) is 0 Å². The smallest absolute Gasteiger partial charge is 0.338 e. The molecule has 0 spiro atoms. The maximum atomic E-state index is 11.6. The van der Waals surface area contributed by atoms with Crippen molar-refractivity contribution in [3.05, 3.63) is 72.3 Å². The van der Waals surface area contributed by atoms with Crippen LogP contribution in [0.25, 0.3) is 0 Å². The third kappa shape index (κ3) is 11.6. The van der Waals surface area contributed by atoms with Crippen LogP contribution in [0.1, 0.15) is 33.6 Å². The van der Waals surface area contributed by atoms with Crippen molar-refractivity contribution >= 4 is 54.8 Å². The number of benzene rings is 2. The van der Waals surface area contributed by atoms with Crippen molar-refractivity contribution in [3.8, 4) is 0 Å². The Morgan fingerprint density at radius 3 is 1.56 bits per heavy atom. The molecule has 0 fully saturated rings. The van der Waals surface area contributed by atoms with Gasteiger partial charge in [0, 0.05) is 18.4 Å². The van der Waals surface area contributed by atoms with E-state index >= 15 is 0 Å². The Morgan fingerprint density at radius 1 is 0.833 bits per heavy atom. The second-order valence-corrected chi connectivity index (χ2v) is 12.4. The van der Waals surface area contributed by atoms with E-state index in [0.29, 0.717) is 29.8 Å². The highest BCUT2D eigenvalue weighted by molar-refractivity contribution is 7.91. The average Bonchev–Trinajstić information content (AvgIpc) is 2.83. The van der Waals surface area contributed by atoms with E-state index in [0.717, 1.165) is 12.5 Å². The number of hydrogen-bond acceptors (Lipinski definition) is 8. The molecule has 0 aliphatic rings. The molecule has 2 aromatic carbocycles. The van der Waals surface area contributed by atoms with Gasteiger partial charge < -0.3 is 9.47 Å². The van der Waals surface area contributed by atoms with Gasteiger partial charge in [-0.1, -0.05) is 6.08 Å². The number of alkyl halides is 2. The number of carbonyl (C=O) groups is 2. The number of halogens is 2. The molecule has 1 unspecified atom stereocenters. The van der Waals surface area contributed by atoms with Gasteiger partial charge in [-0.2, -0.15) is 0 Å². The first kappa shape index (κ1) is 31.6. The monoisotopic (exact) mass is 578 g/mol. The standard InChI is InChI=1S/C12H14Cl2O4S.C12H14O4S/c1-19(16,17)11-4-2-9(3-5-11)12(15)18-7-6-10(14)8-13;1-3-4-9-16-12(13)10-5-7-11(8-6-10)17(2,14)15/h2-5,10H,6-8H2,1H3;3,5-8H,1,4,9H2,2H3. The molecule has 198 valence electrons. The molecule has 0 bridgehead atoms. The van der Waals surface area contributed by atoms with Crippen molar-refractivity contribution in [3.63, 3.8) is 0 Å². The molecule has 8 nitrogen and oxygen atoms in total. The van der Waals surface area contributed by atoms with E-state index in [9.17, 15) is 26.4 Å². The number of hydrogen-bond donors (Lipinski definition) is 0. The molecule has 0 aliphatic heterocycles. The zero-order chi connectivity index (χ0) is 27.4. The average molecular weight is 580 g/mol. The first-order valence-corrected chi connectivity index (χ1v) is 15.3. The molecular formula is C24H28Cl2O8S2. The maximum absolute atomic E-state index is 11.6. The van der Waals surface area contributed by atoms with Gasteiger partial charge in [0.15, 0.2) is 19.7 Å². The number of rotatable bonds is 11. The second kappa shape index (κ2) is 15.0. The highest BCUT2D eigenvalue weighted by Crippen LogP contribution is 2.13. The van der Waals surface area contributed by atoms with Gasteiger partial charge in [-0.15, -0.1) is 29.8 Å². The molecule has 0 saturated heterocycles. The third-order valence-electron chi connectivity index (χ3n) is 4.42. The number of esters is 2. The van der Waals surface area contributed by atoms with Crippen LogP contribution in [0, 0.1) is 0 Å². The fourth-order valence-corrected chi connectivity index (χ4v) is 3.94. The largest absolute Gasteiger partial charge is 0.462 e. The van der Waals surface area contributed by atoms with Crippen LogP contribution in [-0.2, 0) is 29.1 Å². The molecule has 0 aromatic heterocycles. The lowest BCUT2D eigenvalue weighted by Crippen LogP contribution is -2.11. The van der Waals surface area contributed by atoms with Crippen molar-refractivity contribution < 1.29 is 35.9 Å². The summed E-state index contributed by atoms with van der Waals surface area (Å²) in [6.07, 6.45) is 4.93. The lowest BCUT2D eigenvalue weighted by molar-refractivity contribution is 0.0495. The molecular weight excluding hydrogens is 551 g/mol. The zero-order valence-corrected chi connectivity index (χ0v) is 23.0. The summed E-state index contributed by atoms with van der Waals surface area (Å²) >= 11 is 11.3. The van der Waals surface area contributed by atoms with Crippen LogP contribution < -0.4 is 0 Å². The van der Waals surface area contributed by atoms with Gasteiger partial charge in [0.1, 0.15) is 0 Å². The lowest BCUT2D eigenvalue weighted by atomic mass is 10.2. The van der Waals surface area contributed by atoms with Crippen molar-refractivity contribution in [2.24, 2.45) is 0 Å². The van der Waals surface area contributed by atoms with Crippen LogP contribution in [0.15, 0.2) is 71.0 Å². The predicted octanol–water partition coefficient (Wildman–Crippen LogP) is 4.31. The zero-order valence-electron chi connectivity index (χ0n) is 19.9. The molecule has 2 aromatic rings. The number of sulfone groups is 2. The van der Waals surface area contributed by atoms with Gasteiger partial charge in [0.25, 0.3) is 0 Å². The number of ether oxygens (including phenoxy) is 2. The Balaban J connectivity index is 0.000000362. The summed E-state index contributed by atoms with van der Waals surface area (Å²) in [7, 11) is -6.49. The molecule has 1 atom stereocenters. The summed E-state index contributed by atoms with van der Waals surface area (Å²) in [6.45, 7) is 3.96. The molecule has 0 amide bonds. The van der Waals surface area contributed by atoms with Crippen molar-refractivity contribution in [2.45, 2.75) is 28.0 Å². The van der Waals surface area contributed by atoms with Crippen LogP contribution in [0.4, 0.5) is 0 Å². The summed E-state index contributed by atoms with van der Waals surface area (Å²) < 4.78 is 54.8. The van der Waals surface area contributed by atoms with E-state index in [1.165, 1.54) is 48.5 Å². The molecule has 0 heterocycles. The molecule has 12 heteroatoms. The van der Waals surface area contributed by atoms with E-state index in [4.69, 9.17) is 32.7 Å². The molecule has 36 heavy (non-hydrogen) atoms. The summed E-state index contributed by atoms with van der Waals surface area (Å²) in [5, 5.41) is -0.234. The summed E-state index contributed by atoms with van der Waals surface area (Å²) in [6, 6.07) is 11.2. The second-order valence-electron chi connectivity index (χ2n) is 7.48. The van der Waals surface area contributed by atoms with Crippen molar-refractivity contribution in [2.75, 3.05) is 31.6 Å². The normalized spacial score (nSPS) is 12.0. The summed E-state index contributed by atoms with van der Waals surface area (Å²) in [5.74, 6) is -0.687. The summed E-state index contributed by atoms with van der Waals surface area (Å²) in [5.41, 5.74) is 0.630. The quantitative estimate of drug-likeness (QED) is 0.167. The predicted molar refractivity (Wildman–Crippen MR) is 139 cm³/mol. The Hall–Kier alpha value is -2.40. The SMILES string of the molecule is C=CCCOC(=O)c1ccc(S(C)(=O)=O)cc1.CS(=O)(=O)c1ccc(C(=O)OCCC(Cl)CCl)cc1. The summed E-state index contributed by atoms with van der Waals surface area (Å²) in [4.78, 5) is 23.4. The van der Waals surface area contributed by atoms with Gasteiger partial charge in [-0.05, 0) is 61.4 Å². The Labute approximate surface area is 222 Å². The van der Waals surface area contributed by atoms with Crippen molar-refractivity contribution in [1.82, 2.24) is 0 Å². The minimum Gasteiger partial charge on any atom is -0.462 e. The first-order chi connectivity index (χ1) is 16.8. The van der Waals surface area contributed by atoms with Crippen LogP contribution in [0.3, 0.4) is 0 Å². The lowest BCUT2D eigenvalue weighted by Gasteiger charge is -2.07. The van der Waals surface area contributed by atoms with Gasteiger partial charge in [0.05, 0.1) is 39.5 Å². The topological polar surface area (TPSA) is 121 Å². The van der Waals surface area contributed by atoms with Crippen LogP contribution >= 0.6 is 23.2 Å². The van der Waals surface area contributed by atoms with Gasteiger partial charge in [-0.25, -0.2) is 26.4 Å². The molecule has 0 aliphatic carbocycles. The van der Waals surface area contributed by atoms with E-state index in [2.05, 4.69) is 6.58 Å². The molecule has 0 radical (unpaired) electrons. The Morgan fingerprint density at radius 2 is 1.22 bits per heavy atom. The molecule has 0 saturated carbocycles. The van der Waals surface area contributed by atoms with E-state index in [1.54, 1.807) is 6.08 Å². The Bertz CT molecular complexity index is 1220. The van der Waals surface area contributed by atoms with Crippen molar-refractivity contribution in [1.29, 1.82) is 0 Å². The molecule has 2 rings (SSSR count). The Kier molecular flexibility index (Phi) is 13.2. The molecule has 0 N–H and O–H groups in total. The highest BCUT2D eigenvalue weighted by Gasteiger charge is 2.12. The van der Waals surface area contributed by atoms with Gasteiger partial charge >= 0.3 is 11.9 Å². The minimum atomic E-state index is -3.26. The van der Waals surface area contributed by atoms with Crippen LogP contribution in [0.5, 0.6) is 0 Å². The fourth-order valence-electron chi connectivity index (χ4n) is 2.43. The minimum absolute atomic E-state index is 0.159. The highest BCUT2D eigenvalue weighted by atomic mass is 35.5. The number of carbonyl (C=O) groups excluding carboxylic acids is 2. The van der Waals surface area contributed by atoms with Crippen LogP contribution in [0.2, 0.25) is 0 Å². The van der Waals surface area contributed by atoms with E-state index in [-0.39, 0.29) is 28.4 Å². The third-order valence-corrected chi connectivity index (χ3v) is 7.58. The fraction of sp³-hybridized carbons (Fsp3) is 0.333. The maximum Gasteiger partial charge on any atom is 0.338 e. The van der Waals surface area contributed by atoms with E-state index < -0.39 is 31.6 Å². The first-order valence-electron chi connectivity index (χ1n) is 10.5. The van der Waals surface area contributed by atoms with Crippen LogP contribution in [-0.4, -0.2) is 65.8 Å².